The standard InChI is InChI=1S/C14H15FN2OS/c1-2-9-5-6-19-13(9)8-17-14(18)10-3-4-11(15)12(16)7-10/h3-7H,2,8,16H2,1H3,(H,17,18). The molecule has 0 bridgehead atoms. The Morgan fingerprint density at radius 1 is 1.42 bits per heavy atom. The Kier molecular flexibility index (Phi) is 4.16. The van der Waals surface area contributed by atoms with E-state index in [0.29, 0.717) is 12.1 Å². The number of nitrogens with one attached hydrogen (secondary N) is 1. The Hall–Kier alpha value is -1.88. The van der Waals surface area contributed by atoms with E-state index in [9.17, 15) is 9.18 Å². The van der Waals surface area contributed by atoms with Crippen molar-refractivity contribution in [3.8, 4) is 0 Å². The van der Waals surface area contributed by atoms with Gasteiger partial charge in [0.25, 0.3) is 5.91 Å². The van der Waals surface area contributed by atoms with E-state index in [1.165, 1.54) is 23.8 Å². The maximum absolute atomic E-state index is 13.0. The molecule has 0 radical (unpaired) electrons. The third-order valence-electron chi connectivity index (χ3n) is 2.89. The zero-order valence-electron chi connectivity index (χ0n) is 10.6. The number of nitrogen functional groups attached to an aromatic ring is 1. The van der Waals surface area contributed by atoms with Crippen LogP contribution in [0.3, 0.4) is 0 Å². The van der Waals surface area contributed by atoms with Gasteiger partial charge in [-0.3, -0.25) is 4.79 Å². The summed E-state index contributed by atoms with van der Waals surface area (Å²) in [5.41, 5.74) is 7.03. The average molecular weight is 278 g/mol. The van der Waals surface area contributed by atoms with Crippen molar-refractivity contribution in [3.63, 3.8) is 0 Å². The summed E-state index contributed by atoms with van der Waals surface area (Å²) in [4.78, 5) is 13.1. The van der Waals surface area contributed by atoms with Crippen LogP contribution in [0.2, 0.25) is 0 Å². The third-order valence-corrected chi connectivity index (χ3v) is 3.85. The molecule has 0 aliphatic heterocycles. The summed E-state index contributed by atoms with van der Waals surface area (Å²) >= 11 is 1.62. The molecule has 100 valence electrons. The summed E-state index contributed by atoms with van der Waals surface area (Å²) in [5.74, 6) is -0.759. The number of halogens is 1. The highest BCUT2D eigenvalue weighted by Gasteiger charge is 2.09. The molecule has 0 saturated carbocycles. The normalized spacial score (nSPS) is 10.4. The first-order chi connectivity index (χ1) is 9.11. The molecule has 19 heavy (non-hydrogen) atoms. The van der Waals surface area contributed by atoms with Crippen molar-refractivity contribution in [2.24, 2.45) is 0 Å². The van der Waals surface area contributed by atoms with Crippen LogP contribution >= 0.6 is 11.3 Å². The van der Waals surface area contributed by atoms with Crippen molar-refractivity contribution in [1.29, 1.82) is 0 Å². The second-order valence-corrected chi connectivity index (χ2v) is 5.14. The number of aryl methyl sites for hydroxylation is 1. The van der Waals surface area contributed by atoms with Crippen LogP contribution in [-0.4, -0.2) is 5.91 Å². The molecule has 1 aromatic heterocycles. The fourth-order valence-electron chi connectivity index (χ4n) is 1.78. The monoisotopic (exact) mass is 278 g/mol. The predicted octanol–water partition coefficient (Wildman–Crippen LogP) is 2.96. The van der Waals surface area contributed by atoms with Crippen LogP contribution in [0.5, 0.6) is 0 Å². The molecule has 0 unspecified atom stereocenters. The number of benzene rings is 1. The maximum Gasteiger partial charge on any atom is 0.251 e. The molecule has 1 heterocycles. The minimum Gasteiger partial charge on any atom is -0.396 e. The lowest BCUT2D eigenvalue weighted by molar-refractivity contribution is 0.0951. The first kappa shape index (κ1) is 13.5. The highest BCUT2D eigenvalue weighted by Crippen LogP contribution is 2.17. The van der Waals surface area contributed by atoms with Crippen LogP contribution in [-0.2, 0) is 13.0 Å². The van der Waals surface area contributed by atoms with Gasteiger partial charge in [-0.15, -0.1) is 11.3 Å². The number of rotatable bonds is 4. The van der Waals surface area contributed by atoms with Crippen LogP contribution in [0.15, 0.2) is 29.6 Å². The van der Waals surface area contributed by atoms with Crippen molar-refractivity contribution in [2.75, 3.05) is 5.73 Å². The molecule has 3 nitrogen and oxygen atoms in total. The Labute approximate surface area is 115 Å². The van der Waals surface area contributed by atoms with Crippen molar-refractivity contribution in [2.45, 2.75) is 19.9 Å². The van der Waals surface area contributed by atoms with Crippen LogP contribution < -0.4 is 11.1 Å². The van der Waals surface area contributed by atoms with E-state index in [4.69, 9.17) is 5.73 Å². The molecular formula is C14H15FN2OS. The lowest BCUT2D eigenvalue weighted by Gasteiger charge is -2.06. The van der Waals surface area contributed by atoms with Gasteiger partial charge in [-0.25, -0.2) is 4.39 Å². The van der Waals surface area contributed by atoms with Crippen molar-refractivity contribution >= 4 is 22.9 Å². The minimum atomic E-state index is -0.511. The first-order valence-electron chi connectivity index (χ1n) is 6.00. The smallest absolute Gasteiger partial charge is 0.251 e. The number of hydrogen-bond acceptors (Lipinski definition) is 3. The first-order valence-corrected chi connectivity index (χ1v) is 6.88. The second-order valence-electron chi connectivity index (χ2n) is 4.14. The molecule has 0 saturated heterocycles. The number of carbonyl (C=O) groups is 1. The van der Waals surface area contributed by atoms with E-state index >= 15 is 0 Å². The van der Waals surface area contributed by atoms with Crippen molar-refractivity contribution in [3.05, 3.63) is 51.5 Å². The molecule has 0 aliphatic rings. The van der Waals surface area contributed by atoms with E-state index < -0.39 is 5.82 Å². The zero-order chi connectivity index (χ0) is 13.8. The summed E-state index contributed by atoms with van der Waals surface area (Å²) in [6.07, 6.45) is 0.943. The maximum atomic E-state index is 13.0. The lowest BCUT2D eigenvalue weighted by atomic mass is 10.1. The fraction of sp³-hybridized carbons (Fsp3) is 0.214. The average Bonchev–Trinajstić information content (AvgIpc) is 2.86. The fourth-order valence-corrected chi connectivity index (χ4v) is 2.70. The lowest BCUT2D eigenvalue weighted by Crippen LogP contribution is -2.23. The molecule has 0 fully saturated rings. The quantitative estimate of drug-likeness (QED) is 0.845. The third kappa shape index (κ3) is 3.12. The van der Waals surface area contributed by atoms with Crippen LogP contribution in [0, 0.1) is 5.82 Å². The molecular weight excluding hydrogens is 263 g/mol. The topological polar surface area (TPSA) is 55.1 Å². The van der Waals surface area contributed by atoms with Crippen molar-refractivity contribution in [1.82, 2.24) is 5.32 Å². The number of anilines is 1. The molecule has 5 heteroatoms. The SMILES string of the molecule is CCc1ccsc1CNC(=O)c1ccc(F)c(N)c1. The van der Waals surface area contributed by atoms with Crippen LogP contribution in [0.4, 0.5) is 10.1 Å². The van der Waals surface area contributed by atoms with Crippen molar-refractivity contribution < 1.29 is 9.18 Å². The van der Waals surface area contributed by atoms with Gasteiger partial charge in [0.05, 0.1) is 12.2 Å². The molecule has 0 aliphatic carbocycles. The Bertz CT molecular complexity index is 595. The summed E-state index contributed by atoms with van der Waals surface area (Å²) in [6.45, 7) is 2.56. The van der Waals surface area contributed by atoms with E-state index in [2.05, 4.69) is 18.3 Å². The molecule has 2 rings (SSSR count). The van der Waals surface area contributed by atoms with Gasteiger partial charge in [0.1, 0.15) is 5.82 Å². The van der Waals surface area contributed by atoms with Gasteiger partial charge in [0, 0.05) is 10.4 Å². The highest BCUT2D eigenvalue weighted by atomic mass is 32.1. The Morgan fingerprint density at radius 2 is 2.21 bits per heavy atom. The van der Waals surface area contributed by atoms with E-state index in [0.717, 1.165) is 11.3 Å². The Balaban J connectivity index is 2.03. The van der Waals surface area contributed by atoms with Crippen LogP contribution in [0.1, 0.15) is 27.7 Å². The second kappa shape index (κ2) is 5.84. The number of amides is 1. The van der Waals surface area contributed by atoms with Gasteiger partial charge in [-0.1, -0.05) is 6.92 Å². The van der Waals surface area contributed by atoms with Gasteiger partial charge in [0.2, 0.25) is 0 Å². The number of thiophene rings is 1. The number of nitrogens with two attached hydrogens (primary N) is 1. The molecule has 0 spiro atoms. The number of hydrogen-bond donors (Lipinski definition) is 2. The summed E-state index contributed by atoms with van der Waals surface area (Å²) in [7, 11) is 0. The van der Waals surface area contributed by atoms with Gasteiger partial charge in [0.15, 0.2) is 0 Å². The van der Waals surface area contributed by atoms with E-state index in [1.807, 2.05) is 5.38 Å². The van der Waals surface area contributed by atoms with E-state index in [-0.39, 0.29) is 11.6 Å². The molecule has 1 aromatic carbocycles. The molecule has 3 N–H and O–H groups in total. The van der Waals surface area contributed by atoms with Crippen LogP contribution in [0.25, 0.3) is 0 Å². The van der Waals surface area contributed by atoms with E-state index in [1.54, 1.807) is 11.3 Å². The number of carbonyl (C=O) groups excluding carboxylic acids is 1. The highest BCUT2D eigenvalue weighted by molar-refractivity contribution is 7.10. The molecule has 1 amide bonds. The largest absolute Gasteiger partial charge is 0.396 e. The zero-order valence-corrected chi connectivity index (χ0v) is 11.4. The van der Waals surface area contributed by atoms with Gasteiger partial charge >= 0.3 is 0 Å². The minimum absolute atomic E-state index is 0.0157. The summed E-state index contributed by atoms with van der Waals surface area (Å²) in [5, 5.41) is 4.83. The predicted molar refractivity (Wildman–Crippen MR) is 75.7 cm³/mol. The van der Waals surface area contributed by atoms with Gasteiger partial charge in [-0.2, -0.15) is 0 Å². The summed E-state index contributed by atoms with van der Waals surface area (Å²) in [6, 6.07) is 6.03. The Morgan fingerprint density at radius 3 is 2.89 bits per heavy atom. The molecule has 2 aromatic rings. The summed E-state index contributed by atoms with van der Waals surface area (Å²) < 4.78 is 13.0. The molecule has 0 atom stereocenters. The van der Waals surface area contributed by atoms with Gasteiger partial charge < -0.3 is 11.1 Å². The van der Waals surface area contributed by atoms with Gasteiger partial charge in [-0.05, 0) is 41.6 Å².